The molecule has 4 nitrogen and oxygen atoms in total. The molecule has 0 atom stereocenters. The maximum absolute atomic E-state index is 13.8. The first-order valence-corrected chi connectivity index (χ1v) is 6.54. The van der Waals surface area contributed by atoms with E-state index >= 15 is 0 Å². The topological polar surface area (TPSA) is 58.2 Å². The van der Waals surface area contributed by atoms with Gasteiger partial charge in [0.2, 0.25) is 12.3 Å². The maximum Gasteiger partial charge on any atom is 0.234 e. The molecule has 0 bridgehead atoms. The van der Waals surface area contributed by atoms with Gasteiger partial charge in [-0.25, -0.2) is 13.2 Å². The van der Waals surface area contributed by atoms with E-state index in [-0.39, 0.29) is 17.9 Å². The molecular formula is C12H13F3N2O2S. The van der Waals surface area contributed by atoms with Crippen LogP contribution in [0.25, 0.3) is 0 Å². The summed E-state index contributed by atoms with van der Waals surface area (Å²) in [6.45, 7) is 2.53. The number of carbonyl (C=O) groups excluding carboxylic acids is 2. The normalized spacial score (nSPS) is 11.1. The standard InChI is InChI=1S/C12H13F3N2O2S/c1-12(2,15)20-5-9(19)17-11-7(13)3-4-8(10(11)14)16-6-18/h3-4,6H,5H2,1-2H3,(H,16,18)(H,17,19). The van der Waals surface area contributed by atoms with E-state index in [1.54, 1.807) is 0 Å². The van der Waals surface area contributed by atoms with Gasteiger partial charge >= 0.3 is 0 Å². The van der Waals surface area contributed by atoms with Crippen LogP contribution in [0.15, 0.2) is 12.1 Å². The molecule has 2 amide bonds. The first-order valence-electron chi connectivity index (χ1n) is 5.55. The number of benzene rings is 1. The van der Waals surface area contributed by atoms with Crippen molar-refractivity contribution in [1.29, 1.82) is 0 Å². The lowest BCUT2D eigenvalue weighted by Gasteiger charge is -2.14. The molecule has 0 heterocycles. The van der Waals surface area contributed by atoms with Crippen LogP contribution in [0.4, 0.5) is 24.5 Å². The zero-order chi connectivity index (χ0) is 15.3. The van der Waals surface area contributed by atoms with E-state index < -0.39 is 28.2 Å². The molecule has 0 radical (unpaired) electrons. The van der Waals surface area contributed by atoms with Gasteiger partial charge < -0.3 is 10.6 Å². The summed E-state index contributed by atoms with van der Waals surface area (Å²) in [6.07, 6.45) is 0.226. The first kappa shape index (κ1) is 16.4. The summed E-state index contributed by atoms with van der Waals surface area (Å²) in [7, 11) is 0. The Kier molecular flexibility index (Phi) is 5.43. The molecule has 0 spiro atoms. The minimum Gasteiger partial charge on any atom is -0.326 e. The third-order valence-corrected chi connectivity index (χ3v) is 3.21. The Labute approximate surface area is 118 Å². The number of nitrogens with one attached hydrogen (secondary N) is 2. The van der Waals surface area contributed by atoms with Crippen molar-refractivity contribution >= 4 is 35.5 Å². The second-order valence-electron chi connectivity index (χ2n) is 4.25. The van der Waals surface area contributed by atoms with Crippen LogP contribution in [-0.4, -0.2) is 23.1 Å². The minimum absolute atomic E-state index is 0.226. The van der Waals surface area contributed by atoms with E-state index in [1.165, 1.54) is 13.8 Å². The highest BCUT2D eigenvalue weighted by Crippen LogP contribution is 2.28. The zero-order valence-corrected chi connectivity index (χ0v) is 11.6. The Morgan fingerprint density at radius 3 is 2.60 bits per heavy atom. The van der Waals surface area contributed by atoms with Gasteiger partial charge in [-0.15, -0.1) is 11.8 Å². The SMILES string of the molecule is CC(C)(F)SCC(=O)Nc1c(F)ccc(NC=O)c1F. The van der Waals surface area contributed by atoms with Crippen LogP contribution in [0.1, 0.15) is 13.8 Å². The van der Waals surface area contributed by atoms with Gasteiger partial charge in [-0.05, 0) is 26.0 Å². The van der Waals surface area contributed by atoms with E-state index in [0.29, 0.717) is 11.8 Å². The van der Waals surface area contributed by atoms with Crippen LogP contribution in [0, 0.1) is 11.6 Å². The third kappa shape index (κ3) is 4.76. The van der Waals surface area contributed by atoms with Crippen molar-refractivity contribution in [3.8, 4) is 0 Å². The van der Waals surface area contributed by atoms with Crippen molar-refractivity contribution < 1.29 is 22.8 Å². The third-order valence-electron chi connectivity index (χ3n) is 2.12. The molecule has 1 aromatic carbocycles. The monoisotopic (exact) mass is 306 g/mol. The molecule has 0 saturated heterocycles. The van der Waals surface area contributed by atoms with E-state index in [2.05, 4.69) is 0 Å². The lowest BCUT2D eigenvalue weighted by atomic mass is 10.2. The van der Waals surface area contributed by atoms with Crippen LogP contribution < -0.4 is 10.6 Å². The lowest BCUT2D eigenvalue weighted by molar-refractivity contribution is -0.114. The van der Waals surface area contributed by atoms with Crippen LogP contribution in [-0.2, 0) is 9.59 Å². The quantitative estimate of drug-likeness (QED) is 0.795. The van der Waals surface area contributed by atoms with Gasteiger partial charge in [-0.1, -0.05) is 0 Å². The number of amides is 2. The van der Waals surface area contributed by atoms with Gasteiger partial charge in [0.15, 0.2) is 10.8 Å². The summed E-state index contributed by atoms with van der Waals surface area (Å²) in [6, 6.07) is 1.92. The molecule has 0 aliphatic heterocycles. The average molecular weight is 306 g/mol. The molecule has 0 aliphatic rings. The zero-order valence-electron chi connectivity index (χ0n) is 10.8. The number of anilines is 2. The largest absolute Gasteiger partial charge is 0.326 e. The Hall–Kier alpha value is -1.70. The summed E-state index contributed by atoms with van der Waals surface area (Å²) in [5, 5.41) is 2.42. The predicted octanol–water partition coefficient (Wildman–Crippen LogP) is 2.91. The molecule has 0 unspecified atom stereocenters. The fraction of sp³-hybridized carbons (Fsp3) is 0.333. The summed E-state index contributed by atoms with van der Waals surface area (Å²) >= 11 is 0.692. The number of thioether (sulfide) groups is 1. The van der Waals surface area contributed by atoms with Crippen LogP contribution in [0.3, 0.4) is 0 Å². The molecule has 0 saturated carbocycles. The minimum atomic E-state index is -1.63. The van der Waals surface area contributed by atoms with Gasteiger partial charge in [-0.2, -0.15) is 0 Å². The molecule has 0 fully saturated rings. The number of hydrogen-bond acceptors (Lipinski definition) is 3. The smallest absolute Gasteiger partial charge is 0.234 e. The molecule has 2 N–H and O–H groups in total. The second-order valence-corrected chi connectivity index (χ2v) is 5.79. The Bertz CT molecular complexity index is 518. The molecule has 110 valence electrons. The second kappa shape index (κ2) is 6.65. The summed E-state index contributed by atoms with van der Waals surface area (Å²) in [4.78, 5) is 21.8. The van der Waals surface area contributed by atoms with Crippen molar-refractivity contribution in [1.82, 2.24) is 0 Å². The highest BCUT2D eigenvalue weighted by Gasteiger charge is 2.20. The Balaban J connectivity index is 2.83. The first-order chi connectivity index (χ1) is 9.24. The number of rotatable bonds is 6. The predicted molar refractivity (Wildman–Crippen MR) is 72.3 cm³/mol. The molecule has 0 aromatic heterocycles. The van der Waals surface area contributed by atoms with Gasteiger partial charge in [-0.3, -0.25) is 9.59 Å². The lowest BCUT2D eigenvalue weighted by Crippen LogP contribution is -2.20. The summed E-state index contributed by atoms with van der Waals surface area (Å²) in [5.74, 6) is -3.14. The summed E-state index contributed by atoms with van der Waals surface area (Å²) < 4.78 is 40.4. The maximum atomic E-state index is 13.8. The molecule has 8 heteroatoms. The van der Waals surface area contributed by atoms with E-state index in [4.69, 9.17) is 0 Å². The van der Waals surface area contributed by atoms with Crippen LogP contribution in [0.5, 0.6) is 0 Å². The highest BCUT2D eigenvalue weighted by molar-refractivity contribution is 8.01. The van der Waals surface area contributed by atoms with Crippen molar-refractivity contribution in [3.05, 3.63) is 23.8 Å². The van der Waals surface area contributed by atoms with E-state index in [9.17, 15) is 22.8 Å². The van der Waals surface area contributed by atoms with Crippen molar-refractivity contribution in [2.45, 2.75) is 18.8 Å². The van der Waals surface area contributed by atoms with E-state index in [0.717, 1.165) is 12.1 Å². The number of carbonyl (C=O) groups is 2. The van der Waals surface area contributed by atoms with Crippen molar-refractivity contribution in [2.75, 3.05) is 16.4 Å². The van der Waals surface area contributed by atoms with E-state index in [1.807, 2.05) is 10.6 Å². The number of hydrogen-bond donors (Lipinski definition) is 2. The molecule has 1 aromatic rings. The fourth-order valence-corrected chi connectivity index (χ4v) is 1.80. The van der Waals surface area contributed by atoms with Crippen LogP contribution in [0.2, 0.25) is 0 Å². The average Bonchev–Trinajstić information content (AvgIpc) is 2.35. The number of halogens is 3. The fourth-order valence-electron chi connectivity index (χ4n) is 1.25. The number of alkyl halides is 1. The molecule has 1 rings (SSSR count). The molecule has 0 aliphatic carbocycles. The van der Waals surface area contributed by atoms with Crippen molar-refractivity contribution in [2.24, 2.45) is 0 Å². The summed E-state index contributed by atoms with van der Waals surface area (Å²) in [5.41, 5.74) is -0.950. The highest BCUT2D eigenvalue weighted by atomic mass is 32.2. The van der Waals surface area contributed by atoms with Crippen molar-refractivity contribution in [3.63, 3.8) is 0 Å². The van der Waals surface area contributed by atoms with Gasteiger partial charge in [0, 0.05) is 0 Å². The van der Waals surface area contributed by atoms with Gasteiger partial charge in [0.05, 0.1) is 11.4 Å². The Morgan fingerprint density at radius 2 is 2.05 bits per heavy atom. The molecule has 20 heavy (non-hydrogen) atoms. The Morgan fingerprint density at radius 1 is 1.40 bits per heavy atom. The van der Waals surface area contributed by atoms with Gasteiger partial charge in [0.25, 0.3) is 0 Å². The van der Waals surface area contributed by atoms with Crippen LogP contribution >= 0.6 is 11.8 Å². The molecular weight excluding hydrogens is 293 g/mol. The van der Waals surface area contributed by atoms with Gasteiger partial charge in [0.1, 0.15) is 11.5 Å².